The zero-order valence-electron chi connectivity index (χ0n) is 26.5. The van der Waals surface area contributed by atoms with Gasteiger partial charge in [0.1, 0.15) is 27.5 Å². The molecule has 0 saturated carbocycles. The predicted octanol–water partition coefficient (Wildman–Crippen LogP) is 14.0. The lowest BCUT2D eigenvalue weighted by molar-refractivity contribution is 0.603. The summed E-state index contributed by atoms with van der Waals surface area (Å²) in [4.78, 5) is 5.43. The molecule has 0 N–H and O–H groups in total. The molecule has 0 aliphatic rings. The number of benzene rings is 6. The Hall–Kier alpha value is -5.75. The smallest absolute Gasteiger partial charge is 0.135 e. The summed E-state index contributed by atoms with van der Waals surface area (Å²) in [7, 11) is 0. The second-order valence-corrected chi connectivity index (χ2v) is 14.4. The average molecular weight is 666 g/mol. The highest BCUT2D eigenvalue weighted by Gasteiger charge is 2.19. The van der Waals surface area contributed by atoms with E-state index >= 15 is 0 Å². The van der Waals surface area contributed by atoms with Crippen LogP contribution in [-0.4, -0.2) is 4.98 Å². The monoisotopic (exact) mass is 665 g/mol. The first-order valence-electron chi connectivity index (χ1n) is 16.3. The van der Waals surface area contributed by atoms with Crippen molar-refractivity contribution in [2.45, 2.75) is 6.92 Å². The van der Waals surface area contributed by atoms with Crippen molar-refractivity contribution in [2.75, 3.05) is 0 Å². The standard InChI is InChI=1S/C44H27NO2S2/c1-3-9-36-28(4-2)33-23-26(15-20-38(33)46-36)30-18-17-29(25-14-19-39-34(22-25)31-10-5-7-12-37(31)47-39)42-43(30)49-44(45-42)27-16-21-41-35(24-27)32-11-6-8-13-40(32)48-41/h3-24H,2H2,1H3/b9-3-. The Kier molecular flexibility index (Phi) is 6.28. The Labute approximate surface area is 289 Å². The van der Waals surface area contributed by atoms with E-state index in [2.05, 4.69) is 110 Å². The maximum Gasteiger partial charge on any atom is 0.135 e. The van der Waals surface area contributed by atoms with Crippen LogP contribution in [0, 0.1) is 0 Å². The number of para-hydroxylation sites is 1. The lowest BCUT2D eigenvalue weighted by Gasteiger charge is -2.08. The molecule has 3 nitrogen and oxygen atoms in total. The van der Waals surface area contributed by atoms with Crippen molar-refractivity contribution in [3.8, 4) is 32.8 Å². The van der Waals surface area contributed by atoms with Crippen LogP contribution in [0.5, 0.6) is 0 Å². The second kappa shape index (κ2) is 10.9. The Bertz CT molecular complexity index is 2980. The van der Waals surface area contributed by atoms with Crippen molar-refractivity contribution in [1.29, 1.82) is 0 Å². The van der Waals surface area contributed by atoms with Crippen LogP contribution in [0.2, 0.25) is 0 Å². The van der Waals surface area contributed by atoms with Crippen molar-refractivity contribution < 1.29 is 8.83 Å². The first-order chi connectivity index (χ1) is 24.2. The number of nitrogens with zero attached hydrogens (tertiary/aromatic N) is 1. The van der Waals surface area contributed by atoms with Crippen LogP contribution in [0.25, 0.3) is 108 Å². The number of thiophene rings is 1. The Morgan fingerprint density at radius 3 is 2.12 bits per heavy atom. The largest absolute Gasteiger partial charge is 0.456 e. The van der Waals surface area contributed by atoms with E-state index in [0.717, 1.165) is 87.3 Å². The van der Waals surface area contributed by atoms with Gasteiger partial charge in [0.25, 0.3) is 0 Å². The molecular formula is C44H27NO2S2. The lowest BCUT2D eigenvalue weighted by atomic mass is 9.96. The SMILES string of the molecule is C=Cc1c(/C=C\C)oc2ccc(-c3ccc(-c4ccc5oc6ccccc6c5c4)c4nc(-c5ccc6sc7ccccc7c6c5)sc34)cc12. The number of fused-ring (bicyclic) bond motifs is 8. The van der Waals surface area contributed by atoms with Gasteiger partial charge in [-0.15, -0.1) is 22.7 Å². The zero-order chi connectivity index (χ0) is 32.6. The van der Waals surface area contributed by atoms with E-state index < -0.39 is 0 Å². The quantitative estimate of drug-likeness (QED) is 0.184. The topological polar surface area (TPSA) is 39.2 Å². The van der Waals surface area contributed by atoms with Crippen molar-refractivity contribution in [3.05, 3.63) is 139 Å². The highest BCUT2D eigenvalue weighted by molar-refractivity contribution is 7.26. The van der Waals surface area contributed by atoms with Gasteiger partial charge in [0.15, 0.2) is 0 Å². The summed E-state index contributed by atoms with van der Waals surface area (Å²) in [5, 5.41) is 6.84. The predicted molar refractivity (Wildman–Crippen MR) is 211 cm³/mol. The van der Waals surface area contributed by atoms with Gasteiger partial charge >= 0.3 is 0 Å². The Balaban J connectivity index is 1.21. The van der Waals surface area contributed by atoms with Crippen LogP contribution >= 0.6 is 22.7 Å². The van der Waals surface area contributed by atoms with Crippen LogP contribution in [0.4, 0.5) is 0 Å². The summed E-state index contributed by atoms with van der Waals surface area (Å²) in [6.45, 7) is 6.09. The molecule has 0 unspecified atom stereocenters. The molecule has 0 aliphatic heterocycles. The van der Waals surface area contributed by atoms with Gasteiger partial charge in [0.05, 0.1) is 10.2 Å². The molecule has 0 radical (unpaired) electrons. The average Bonchev–Trinajstić information content (AvgIpc) is 3.91. The summed E-state index contributed by atoms with van der Waals surface area (Å²) in [6, 6.07) is 41.0. The second-order valence-electron chi connectivity index (χ2n) is 12.3. The fourth-order valence-electron chi connectivity index (χ4n) is 7.13. The molecule has 0 fully saturated rings. The number of hydrogen-bond acceptors (Lipinski definition) is 5. The van der Waals surface area contributed by atoms with E-state index in [1.807, 2.05) is 48.6 Å². The number of hydrogen-bond donors (Lipinski definition) is 0. The van der Waals surface area contributed by atoms with E-state index in [1.165, 1.54) is 20.2 Å². The summed E-state index contributed by atoms with van der Waals surface area (Å²) in [5.74, 6) is 0.823. The Morgan fingerprint density at radius 1 is 0.592 bits per heavy atom. The van der Waals surface area contributed by atoms with Gasteiger partial charge in [0.2, 0.25) is 0 Å². The number of rotatable bonds is 5. The van der Waals surface area contributed by atoms with E-state index in [0.29, 0.717) is 0 Å². The van der Waals surface area contributed by atoms with Crippen molar-refractivity contribution >= 4 is 98.1 Å². The molecule has 0 bridgehead atoms. The minimum Gasteiger partial charge on any atom is -0.456 e. The fourth-order valence-corrected chi connectivity index (χ4v) is 9.34. The molecule has 5 heteroatoms. The normalized spacial score (nSPS) is 12.2. The molecule has 4 aromatic heterocycles. The number of furan rings is 2. The van der Waals surface area contributed by atoms with Gasteiger partial charge in [-0.3, -0.25) is 0 Å². The molecule has 4 heterocycles. The Morgan fingerprint density at radius 2 is 1.27 bits per heavy atom. The van der Waals surface area contributed by atoms with Crippen molar-refractivity contribution in [2.24, 2.45) is 0 Å². The molecule has 0 amide bonds. The van der Waals surface area contributed by atoms with Crippen LogP contribution < -0.4 is 0 Å². The minimum atomic E-state index is 0.823. The molecule has 10 rings (SSSR count). The van der Waals surface area contributed by atoms with E-state index in [9.17, 15) is 0 Å². The van der Waals surface area contributed by atoms with Crippen LogP contribution in [0.15, 0.2) is 137 Å². The van der Waals surface area contributed by atoms with Crippen molar-refractivity contribution in [3.63, 3.8) is 0 Å². The molecule has 0 atom stereocenters. The van der Waals surface area contributed by atoms with Gasteiger partial charge in [-0.2, -0.15) is 0 Å². The summed E-state index contributed by atoms with van der Waals surface area (Å²) < 4.78 is 16.1. The summed E-state index contributed by atoms with van der Waals surface area (Å²) >= 11 is 3.59. The molecule has 6 aromatic carbocycles. The number of thiazole rings is 1. The maximum absolute atomic E-state index is 6.19. The maximum atomic E-state index is 6.19. The molecule has 0 saturated heterocycles. The van der Waals surface area contributed by atoms with Crippen LogP contribution in [0.3, 0.4) is 0 Å². The third-order valence-electron chi connectivity index (χ3n) is 9.44. The third-order valence-corrected chi connectivity index (χ3v) is 11.7. The number of allylic oxidation sites excluding steroid dienone is 1. The molecule has 49 heavy (non-hydrogen) atoms. The first kappa shape index (κ1) is 28.3. The van der Waals surface area contributed by atoms with Gasteiger partial charge in [-0.1, -0.05) is 85.5 Å². The molecule has 10 aromatic rings. The molecule has 0 aliphatic carbocycles. The summed E-state index contributed by atoms with van der Waals surface area (Å²) in [6.07, 6.45) is 5.87. The van der Waals surface area contributed by atoms with Crippen molar-refractivity contribution in [1.82, 2.24) is 4.98 Å². The van der Waals surface area contributed by atoms with Gasteiger partial charge in [0, 0.05) is 58.6 Å². The van der Waals surface area contributed by atoms with Crippen LogP contribution in [-0.2, 0) is 0 Å². The zero-order valence-corrected chi connectivity index (χ0v) is 28.1. The first-order valence-corrected chi connectivity index (χ1v) is 17.9. The van der Waals surface area contributed by atoms with E-state index in [-0.39, 0.29) is 0 Å². The molecule has 0 spiro atoms. The van der Waals surface area contributed by atoms with Gasteiger partial charge < -0.3 is 8.83 Å². The molecular weight excluding hydrogens is 639 g/mol. The van der Waals surface area contributed by atoms with Crippen LogP contribution in [0.1, 0.15) is 18.2 Å². The molecule has 232 valence electrons. The minimum absolute atomic E-state index is 0.823. The fraction of sp³-hybridized carbons (Fsp3) is 0.0227. The number of aromatic nitrogens is 1. The highest BCUT2D eigenvalue weighted by Crippen LogP contribution is 2.45. The highest BCUT2D eigenvalue weighted by atomic mass is 32.1. The van der Waals surface area contributed by atoms with Gasteiger partial charge in [-0.05, 0) is 72.7 Å². The third kappa shape index (κ3) is 4.36. The lowest BCUT2D eigenvalue weighted by Crippen LogP contribution is -1.85. The van der Waals surface area contributed by atoms with Gasteiger partial charge in [-0.25, -0.2) is 4.98 Å². The van der Waals surface area contributed by atoms with E-state index in [1.54, 1.807) is 11.3 Å². The van der Waals surface area contributed by atoms with E-state index in [4.69, 9.17) is 13.8 Å². The summed E-state index contributed by atoms with van der Waals surface area (Å²) in [5.41, 5.74) is 10.2.